The van der Waals surface area contributed by atoms with Crippen molar-refractivity contribution in [3.8, 4) is 0 Å². The molecule has 4 heteroatoms. The molecule has 1 aliphatic heterocycles. The molecule has 1 aromatic rings. The molecule has 3 nitrogen and oxygen atoms in total. The second kappa shape index (κ2) is 5.52. The van der Waals surface area contributed by atoms with Gasteiger partial charge in [-0.1, -0.05) is 17.7 Å². The summed E-state index contributed by atoms with van der Waals surface area (Å²) in [5, 5.41) is 0.631. The molecule has 0 amide bonds. The minimum absolute atomic E-state index is 0.222. The van der Waals surface area contributed by atoms with Crippen LogP contribution in [0.5, 0.6) is 0 Å². The zero-order chi connectivity index (χ0) is 12.3. The summed E-state index contributed by atoms with van der Waals surface area (Å²) in [6.45, 7) is 1.71. The molecule has 0 aromatic heterocycles. The van der Waals surface area contributed by atoms with Gasteiger partial charge in [0.25, 0.3) is 0 Å². The molecule has 1 aliphatic rings. The number of benzene rings is 1. The lowest BCUT2D eigenvalue weighted by Crippen LogP contribution is -2.39. The van der Waals surface area contributed by atoms with Gasteiger partial charge in [0.2, 0.25) is 0 Å². The fourth-order valence-electron chi connectivity index (χ4n) is 2.29. The van der Waals surface area contributed by atoms with Crippen LogP contribution in [-0.2, 0) is 4.74 Å². The molecule has 1 unspecified atom stereocenters. The molecule has 92 valence electrons. The van der Waals surface area contributed by atoms with E-state index in [0.717, 1.165) is 37.9 Å². The Morgan fingerprint density at radius 1 is 1.53 bits per heavy atom. The summed E-state index contributed by atoms with van der Waals surface area (Å²) < 4.78 is 5.38. The summed E-state index contributed by atoms with van der Waals surface area (Å²) >= 11 is 6.19. The average Bonchev–Trinajstić information content (AvgIpc) is 2.38. The quantitative estimate of drug-likeness (QED) is 0.776. The number of para-hydroxylation sites is 1. The van der Waals surface area contributed by atoms with Crippen LogP contribution in [0.2, 0.25) is 5.02 Å². The molecular formula is C13H16ClNO2. The molecule has 0 N–H and O–H groups in total. The maximum absolute atomic E-state index is 11.1. The van der Waals surface area contributed by atoms with Gasteiger partial charge >= 0.3 is 0 Å². The number of nitrogens with zero attached hydrogens (tertiary/aromatic N) is 1. The minimum Gasteiger partial charge on any atom is -0.380 e. The number of hydrogen-bond acceptors (Lipinski definition) is 3. The molecule has 0 spiro atoms. The molecule has 0 saturated carbocycles. The topological polar surface area (TPSA) is 29.5 Å². The Bertz CT molecular complexity index is 408. The summed E-state index contributed by atoms with van der Waals surface area (Å²) in [4.78, 5) is 13.2. The lowest BCUT2D eigenvalue weighted by Gasteiger charge is -2.34. The van der Waals surface area contributed by atoms with E-state index in [9.17, 15) is 4.79 Å². The maximum atomic E-state index is 11.1. The SMILES string of the molecule is COC1CCCN(c2c(Cl)cccc2C=O)C1. The van der Waals surface area contributed by atoms with Gasteiger partial charge in [-0.2, -0.15) is 0 Å². The molecule has 0 radical (unpaired) electrons. The Hall–Kier alpha value is -1.06. The fourth-order valence-corrected chi connectivity index (χ4v) is 2.60. The number of carbonyl (C=O) groups is 1. The highest BCUT2D eigenvalue weighted by Gasteiger charge is 2.22. The summed E-state index contributed by atoms with van der Waals surface area (Å²) in [6.07, 6.45) is 3.20. The van der Waals surface area contributed by atoms with Gasteiger partial charge in [0, 0.05) is 25.8 Å². The number of aldehydes is 1. The van der Waals surface area contributed by atoms with Crippen LogP contribution in [-0.4, -0.2) is 32.6 Å². The van der Waals surface area contributed by atoms with Crippen molar-refractivity contribution >= 4 is 23.6 Å². The van der Waals surface area contributed by atoms with E-state index in [1.807, 2.05) is 6.07 Å². The van der Waals surface area contributed by atoms with E-state index >= 15 is 0 Å². The van der Waals surface area contributed by atoms with E-state index in [0.29, 0.717) is 10.6 Å². The molecule has 1 aromatic carbocycles. The summed E-state index contributed by atoms with van der Waals surface area (Å²) in [6, 6.07) is 5.41. The lowest BCUT2D eigenvalue weighted by molar-refractivity contribution is 0.0892. The zero-order valence-corrected chi connectivity index (χ0v) is 10.6. The van der Waals surface area contributed by atoms with Crippen molar-refractivity contribution in [1.82, 2.24) is 0 Å². The minimum atomic E-state index is 0.222. The monoisotopic (exact) mass is 253 g/mol. The Labute approximate surface area is 106 Å². The van der Waals surface area contributed by atoms with Crippen LogP contribution in [0.25, 0.3) is 0 Å². The molecule has 1 heterocycles. The number of rotatable bonds is 3. The molecule has 1 atom stereocenters. The largest absolute Gasteiger partial charge is 0.380 e. The summed E-state index contributed by atoms with van der Waals surface area (Å²) in [5.41, 5.74) is 1.49. The van der Waals surface area contributed by atoms with E-state index in [-0.39, 0.29) is 6.10 Å². The highest BCUT2D eigenvalue weighted by molar-refractivity contribution is 6.33. The predicted octanol–water partition coefficient (Wildman–Crippen LogP) is 2.77. The third-order valence-electron chi connectivity index (χ3n) is 3.17. The third kappa shape index (κ3) is 2.61. The Morgan fingerprint density at radius 2 is 2.35 bits per heavy atom. The molecule has 2 rings (SSSR count). The second-order valence-electron chi connectivity index (χ2n) is 4.24. The van der Waals surface area contributed by atoms with Gasteiger partial charge in [-0.25, -0.2) is 0 Å². The van der Waals surface area contributed by atoms with Gasteiger partial charge < -0.3 is 9.64 Å². The first kappa shape index (κ1) is 12.4. The van der Waals surface area contributed by atoms with Crippen molar-refractivity contribution in [2.45, 2.75) is 18.9 Å². The van der Waals surface area contributed by atoms with E-state index in [1.165, 1.54) is 0 Å². The van der Waals surface area contributed by atoms with E-state index in [1.54, 1.807) is 19.2 Å². The van der Waals surface area contributed by atoms with Crippen LogP contribution < -0.4 is 4.90 Å². The number of anilines is 1. The van der Waals surface area contributed by atoms with E-state index in [4.69, 9.17) is 16.3 Å². The van der Waals surface area contributed by atoms with E-state index < -0.39 is 0 Å². The number of piperidine rings is 1. The highest BCUT2D eigenvalue weighted by atomic mass is 35.5. The third-order valence-corrected chi connectivity index (χ3v) is 3.48. The van der Waals surface area contributed by atoms with Gasteiger partial charge in [-0.15, -0.1) is 0 Å². The number of carbonyl (C=O) groups excluding carboxylic acids is 1. The normalized spacial score (nSPS) is 20.4. The van der Waals surface area contributed by atoms with Gasteiger partial charge in [0.05, 0.1) is 16.8 Å². The number of hydrogen-bond donors (Lipinski definition) is 0. The smallest absolute Gasteiger partial charge is 0.152 e. The summed E-state index contributed by atoms with van der Waals surface area (Å²) in [5.74, 6) is 0. The van der Waals surface area contributed by atoms with Crippen LogP contribution in [0, 0.1) is 0 Å². The molecule has 1 saturated heterocycles. The second-order valence-corrected chi connectivity index (χ2v) is 4.65. The number of methoxy groups -OCH3 is 1. The van der Waals surface area contributed by atoms with Gasteiger partial charge in [0.15, 0.2) is 6.29 Å². The van der Waals surface area contributed by atoms with Crippen molar-refractivity contribution in [3.05, 3.63) is 28.8 Å². The lowest BCUT2D eigenvalue weighted by atomic mass is 10.1. The van der Waals surface area contributed by atoms with Crippen LogP contribution in [0.4, 0.5) is 5.69 Å². The van der Waals surface area contributed by atoms with Crippen molar-refractivity contribution < 1.29 is 9.53 Å². The molecule has 0 aliphatic carbocycles. The van der Waals surface area contributed by atoms with Gasteiger partial charge in [0.1, 0.15) is 0 Å². The summed E-state index contributed by atoms with van der Waals surface area (Å²) in [7, 11) is 1.72. The zero-order valence-electron chi connectivity index (χ0n) is 9.86. The molecule has 1 fully saturated rings. The molecular weight excluding hydrogens is 238 g/mol. The molecule has 0 bridgehead atoms. The van der Waals surface area contributed by atoms with Crippen LogP contribution in [0.1, 0.15) is 23.2 Å². The Kier molecular flexibility index (Phi) is 4.02. The highest BCUT2D eigenvalue weighted by Crippen LogP contribution is 2.31. The average molecular weight is 254 g/mol. The molecule has 17 heavy (non-hydrogen) atoms. The predicted molar refractivity (Wildman–Crippen MR) is 69.1 cm³/mol. The first-order valence-electron chi connectivity index (χ1n) is 5.77. The Morgan fingerprint density at radius 3 is 3.06 bits per heavy atom. The first-order chi connectivity index (χ1) is 8.26. The number of ether oxygens (including phenoxy) is 1. The number of halogens is 1. The standard InChI is InChI=1S/C13H16ClNO2/c1-17-11-5-3-7-15(8-11)13-10(9-16)4-2-6-12(13)14/h2,4,6,9,11H,3,5,7-8H2,1H3. The van der Waals surface area contributed by atoms with Crippen molar-refractivity contribution in [2.24, 2.45) is 0 Å². The first-order valence-corrected chi connectivity index (χ1v) is 6.15. The van der Waals surface area contributed by atoms with Crippen molar-refractivity contribution in [1.29, 1.82) is 0 Å². The fraction of sp³-hybridized carbons (Fsp3) is 0.462. The van der Waals surface area contributed by atoms with Gasteiger partial charge in [-0.05, 0) is 25.0 Å². The van der Waals surface area contributed by atoms with Crippen LogP contribution in [0.15, 0.2) is 18.2 Å². The van der Waals surface area contributed by atoms with Crippen molar-refractivity contribution in [2.75, 3.05) is 25.1 Å². The van der Waals surface area contributed by atoms with Gasteiger partial charge in [-0.3, -0.25) is 4.79 Å². The maximum Gasteiger partial charge on any atom is 0.152 e. The van der Waals surface area contributed by atoms with Crippen LogP contribution in [0.3, 0.4) is 0 Å². The van der Waals surface area contributed by atoms with Crippen LogP contribution >= 0.6 is 11.6 Å². The Balaban J connectivity index is 2.29. The van der Waals surface area contributed by atoms with Crippen molar-refractivity contribution in [3.63, 3.8) is 0 Å². The van der Waals surface area contributed by atoms with E-state index in [2.05, 4.69) is 4.90 Å².